The van der Waals surface area contributed by atoms with Crippen molar-refractivity contribution in [2.75, 3.05) is 13.2 Å². The molecule has 0 radical (unpaired) electrons. The Balaban J connectivity index is 2.44. The average molecular weight is 297 g/mol. The van der Waals surface area contributed by atoms with Gasteiger partial charge in [0.1, 0.15) is 12.3 Å². The van der Waals surface area contributed by atoms with Crippen molar-refractivity contribution in [3.8, 4) is 5.75 Å². The number of carbonyl (C=O) groups is 1. The van der Waals surface area contributed by atoms with Crippen LogP contribution in [0, 0.1) is 0 Å². The van der Waals surface area contributed by atoms with Gasteiger partial charge in [0.25, 0.3) is 5.91 Å². The fraction of sp³-hybridized carbons (Fsp3) is 0.364. The molecule has 0 bridgehead atoms. The number of carbonyl (C=O) groups excluding carboxylic acids is 1. The first-order valence-electron chi connectivity index (χ1n) is 5.26. The highest BCUT2D eigenvalue weighted by Crippen LogP contribution is 2.22. The summed E-state index contributed by atoms with van der Waals surface area (Å²) >= 11 is 5.86. The normalized spacial score (nSPS) is 11.2. The summed E-state index contributed by atoms with van der Waals surface area (Å²) in [5, 5.41) is 2.06. The van der Waals surface area contributed by atoms with E-state index in [1.54, 1.807) is 11.4 Å². The Bertz CT molecular complexity index is 452. The summed E-state index contributed by atoms with van der Waals surface area (Å²) in [5.41, 5.74) is 6.11. The maximum Gasteiger partial charge on any atom is 0.405 e. The van der Waals surface area contributed by atoms with E-state index in [2.05, 4.69) is 0 Å². The molecule has 19 heavy (non-hydrogen) atoms. The summed E-state index contributed by atoms with van der Waals surface area (Å²) in [6, 6.07) is 4.59. The van der Waals surface area contributed by atoms with Gasteiger partial charge in [-0.1, -0.05) is 17.7 Å². The smallest absolute Gasteiger partial charge is 0.405 e. The van der Waals surface area contributed by atoms with Crippen molar-refractivity contribution in [2.45, 2.75) is 12.7 Å². The van der Waals surface area contributed by atoms with E-state index in [0.717, 1.165) is 0 Å². The van der Waals surface area contributed by atoms with E-state index in [-0.39, 0.29) is 12.3 Å². The third kappa shape index (κ3) is 5.80. The first-order chi connectivity index (χ1) is 8.81. The highest BCUT2D eigenvalue weighted by Gasteiger charge is 2.27. The molecule has 1 amide bonds. The molecule has 1 aromatic carbocycles. The van der Waals surface area contributed by atoms with Gasteiger partial charge in [-0.3, -0.25) is 4.79 Å². The number of benzene rings is 1. The second-order valence-electron chi connectivity index (χ2n) is 3.64. The van der Waals surface area contributed by atoms with Crippen LogP contribution in [0.2, 0.25) is 5.02 Å². The van der Waals surface area contributed by atoms with Crippen LogP contribution in [0.5, 0.6) is 5.75 Å². The second kappa shape index (κ2) is 6.63. The number of ether oxygens (including phenoxy) is 1. The van der Waals surface area contributed by atoms with Crippen molar-refractivity contribution in [1.82, 2.24) is 5.32 Å². The highest BCUT2D eigenvalue weighted by atomic mass is 35.5. The predicted molar refractivity (Wildman–Crippen MR) is 63.9 cm³/mol. The highest BCUT2D eigenvalue weighted by molar-refractivity contribution is 6.31. The topological polar surface area (TPSA) is 64.3 Å². The molecule has 4 nitrogen and oxygen atoms in total. The monoisotopic (exact) mass is 296 g/mol. The fourth-order valence-electron chi connectivity index (χ4n) is 1.18. The van der Waals surface area contributed by atoms with Crippen LogP contribution < -0.4 is 15.8 Å². The third-order valence-corrected chi connectivity index (χ3v) is 2.45. The van der Waals surface area contributed by atoms with Gasteiger partial charge in [-0.2, -0.15) is 13.2 Å². The van der Waals surface area contributed by atoms with E-state index >= 15 is 0 Å². The predicted octanol–water partition coefficient (Wildman–Crippen LogP) is 1.86. The molecule has 0 aliphatic rings. The maximum atomic E-state index is 11.8. The van der Waals surface area contributed by atoms with Crippen molar-refractivity contribution in [3.63, 3.8) is 0 Å². The Morgan fingerprint density at radius 1 is 1.42 bits per heavy atom. The molecule has 0 saturated carbocycles. The standard InChI is InChI=1S/C11H12ClF3N2O2/c12-9-3-8(2-1-7(9)4-16)19-5-10(18)17-6-11(13,14)15/h1-3H,4-6,16H2,(H,17,18). The van der Waals surface area contributed by atoms with Gasteiger partial charge in [-0.15, -0.1) is 0 Å². The van der Waals surface area contributed by atoms with E-state index in [1.807, 2.05) is 0 Å². The molecule has 0 unspecified atom stereocenters. The molecule has 1 aromatic rings. The molecule has 0 aromatic heterocycles. The van der Waals surface area contributed by atoms with Gasteiger partial charge in [-0.25, -0.2) is 0 Å². The van der Waals surface area contributed by atoms with Gasteiger partial charge in [0, 0.05) is 11.6 Å². The van der Waals surface area contributed by atoms with Crippen LogP contribution in [0.3, 0.4) is 0 Å². The Labute approximate surface area is 112 Å². The molecule has 0 spiro atoms. The zero-order chi connectivity index (χ0) is 14.5. The van der Waals surface area contributed by atoms with Crippen LogP contribution >= 0.6 is 11.6 Å². The summed E-state index contributed by atoms with van der Waals surface area (Å²) in [6.07, 6.45) is -4.44. The van der Waals surface area contributed by atoms with E-state index in [1.165, 1.54) is 12.1 Å². The van der Waals surface area contributed by atoms with E-state index < -0.39 is 25.2 Å². The summed E-state index contributed by atoms with van der Waals surface area (Å²) in [7, 11) is 0. The number of nitrogens with two attached hydrogens (primary N) is 1. The van der Waals surface area contributed by atoms with Crippen molar-refractivity contribution in [2.24, 2.45) is 5.73 Å². The molecule has 0 fully saturated rings. The van der Waals surface area contributed by atoms with Gasteiger partial charge < -0.3 is 15.8 Å². The number of nitrogens with one attached hydrogen (secondary N) is 1. The van der Waals surface area contributed by atoms with Crippen LogP contribution in [0.15, 0.2) is 18.2 Å². The number of hydrogen-bond acceptors (Lipinski definition) is 3. The van der Waals surface area contributed by atoms with Gasteiger partial charge in [0.2, 0.25) is 0 Å². The Kier molecular flexibility index (Phi) is 5.44. The molecule has 3 N–H and O–H groups in total. The van der Waals surface area contributed by atoms with Crippen molar-refractivity contribution >= 4 is 17.5 Å². The van der Waals surface area contributed by atoms with Crippen LogP contribution in [0.4, 0.5) is 13.2 Å². The van der Waals surface area contributed by atoms with Gasteiger partial charge in [-0.05, 0) is 17.7 Å². The minimum atomic E-state index is -4.44. The Hall–Kier alpha value is -1.47. The number of rotatable bonds is 5. The summed E-state index contributed by atoms with van der Waals surface area (Å²) < 4.78 is 40.5. The van der Waals surface area contributed by atoms with Crippen LogP contribution in [-0.4, -0.2) is 25.2 Å². The SMILES string of the molecule is NCc1ccc(OCC(=O)NCC(F)(F)F)cc1Cl. The van der Waals surface area contributed by atoms with Crippen LogP contribution in [0.25, 0.3) is 0 Å². The molecule has 8 heteroatoms. The second-order valence-corrected chi connectivity index (χ2v) is 4.05. The quantitative estimate of drug-likeness (QED) is 0.871. The van der Waals surface area contributed by atoms with Crippen molar-refractivity contribution in [3.05, 3.63) is 28.8 Å². The molecule has 0 aliphatic carbocycles. The maximum absolute atomic E-state index is 11.8. The van der Waals surface area contributed by atoms with Gasteiger partial charge >= 0.3 is 6.18 Å². The largest absolute Gasteiger partial charge is 0.484 e. The molecular formula is C11H12ClF3N2O2. The molecule has 106 valence electrons. The number of halogens is 4. The summed E-state index contributed by atoms with van der Waals surface area (Å²) in [5.74, 6) is -0.583. The molecular weight excluding hydrogens is 285 g/mol. The molecule has 0 heterocycles. The Morgan fingerprint density at radius 3 is 2.63 bits per heavy atom. The summed E-state index contributed by atoms with van der Waals surface area (Å²) in [6.45, 7) is -1.65. The summed E-state index contributed by atoms with van der Waals surface area (Å²) in [4.78, 5) is 11.1. The lowest BCUT2D eigenvalue weighted by Gasteiger charge is -2.10. The van der Waals surface area contributed by atoms with Crippen LogP contribution in [-0.2, 0) is 11.3 Å². The first kappa shape index (κ1) is 15.6. The lowest BCUT2D eigenvalue weighted by molar-refractivity contribution is -0.139. The minimum Gasteiger partial charge on any atom is -0.484 e. The van der Waals surface area contributed by atoms with Gasteiger partial charge in [0.15, 0.2) is 6.61 Å². The molecule has 0 atom stereocenters. The zero-order valence-corrected chi connectivity index (χ0v) is 10.5. The lowest BCUT2D eigenvalue weighted by atomic mass is 10.2. The van der Waals surface area contributed by atoms with E-state index in [4.69, 9.17) is 22.1 Å². The van der Waals surface area contributed by atoms with Crippen LogP contribution in [0.1, 0.15) is 5.56 Å². The van der Waals surface area contributed by atoms with E-state index in [0.29, 0.717) is 10.6 Å². The first-order valence-corrected chi connectivity index (χ1v) is 5.64. The average Bonchev–Trinajstić information content (AvgIpc) is 2.33. The van der Waals surface area contributed by atoms with E-state index in [9.17, 15) is 18.0 Å². The molecule has 0 aliphatic heterocycles. The van der Waals surface area contributed by atoms with Gasteiger partial charge in [0.05, 0.1) is 0 Å². The molecule has 1 rings (SSSR count). The number of hydrogen-bond donors (Lipinski definition) is 2. The minimum absolute atomic E-state index is 0.255. The third-order valence-electron chi connectivity index (χ3n) is 2.10. The number of alkyl halides is 3. The Morgan fingerprint density at radius 2 is 2.11 bits per heavy atom. The number of amides is 1. The van der Waals surface area contributed by atoms with Crippen molar-refractivity contribution in [1.29, 1.82) is 0 Å². The fourth-order valence-corrected chi connectivity index (χ4v) is 1.43. The molecule has 0 saturated heterocycles. The zero-order valence-electron chi connectivity index (χ0n) is 9.76. The van der Waals surface area contributed by atoms with Crippen molar-refractivity contribution < 1.29 is 22.7 Å². The lowest BCUT2D eigenvalue weighted by Crippen LogP contribution is -2.36.